The van der Waals surface area contributed by atoms with Gasteiger partial charge in [0.2, 0.25) is 5.95 Å². The van der Waals surface area contributed by atoms with Gasteiger partial charge in [-0.25, -0.2) is 14.5 Å². The molecule has 12 heteroatoms. The van der Waals surface area contributed by atoms with Crippen LogP contribution in [0.4, 0.5) is 24.8 Å². The number of alkyl halides is 3. The smallest absolute Gasteiger partial charge is 0.365 e. The predicted molar refractivity (Wildman–Crippen MR) is 114 cm³/mol. The third-order valence-corrected chi connectivity index (χ3v) is 5.60. The first-order chi connectivity index (χ1) is 15.8. The highest BCUT2D eigenvalue weighted by molar-refractivity contribution is 5.99. The lowest BCUT2D eigenvalue weighted by Crippen LogP contribution is -2.47. The number of carbonyl (C=O) groups is 1. The number of rotatable bonds is 4. The predicted octanol–water partition coefficient (Wildman–Crippen LogP) is 2.60. The van der Waals surface area contributed by atoms with E-state index >= 15 is 0 Å². The van der Waals surface area contributed by atoms with E-state index in [0.717, 1.165) is 34.7 Å². The maximum atomic E-state index is 12.6. The van der Waals surface area contributed by atoms with Gasteiger partial charge in [0.05, 0.1) is 29.2 Å². The molecule has 0 atom stereocenters. The van der Waals surface area contributed by atoms with Gasteiger partial charge < -0.3 is 9.80 Å². The molecule has 0 spiro atoms. The molecule has 33 heavy (non-hydrogen) atoms. The number of Topliss-reactive ketones (excluding diaryl/α,β-unsaturated/α-hetero) is 1. The van der Waals surface area contributed by atoms with Crippen molar-refractivity contribution in [2.24, 2.45) is 7.05 Å². The van der Waals surface area contributed by atoms with E-state index in [4.69, 9.17) is 0 Å². The topological polar surface area (TPSA) is 84.5 Å². The van der Waals surface area contributed by atoms with Crippen LogP contribution in [0.1, 0.15) is 10.4 Å². The van der Waals surface area contributed by atoms with Crippen molar-refractivity contribution in [2.45, 2.75) is 6.18 Å². The van der Waals surface area contributed by atoms with Crippen molar-refractivity contribution in [3.63, 3.8) is 0 Å². The van der Waals surface area contributed by atoms with Crippen molar-refractivity contribution in [1.29, 1.82) is 0 Å². The molecule has 0 bridgehead atoms. The van der Waals surface area contributed by atoms with Crippen LogP contribution >= 0.6 is 0 Å². The van der Waals surface area contributed by atoms with Crippen LogP contribution in [-0.4, -0.2) is 67.5 Å². The molecule has 0 unspecified atom stereocenters. The van der Waals surface area contributed by atoms with Gasteiger partial charge in [0.15, 0.2) is 0 Å². The van der Waals surface area contributed by atoms with E-state index in [0.29, 0.717) is 32.1 Å². The second kappa shape index (κ2) is 7.87. The second-order valence-corrected chi connectivity index (χ2v) is 7.75. The lowest BCUT2D eigenvalue weighted by molar-refractivity contribution is -0.0885. The number of nitrogens with zero attached hydrogens (tertiary/aromatic N) is 8. The highest BCUT2D eigenvalue weighted by atomic mass is 19.4. The summed E-state index contributed by atoms with van der Waals surface area (Å²) in [5.41, 5.74) is 3.43. The van der Waals surface area contributed by atoms with E-state index in [1.807, 2.05) is 47.2 Å². The molecule has 1 fully saturated rings. The van der Waals surface area contributed by atoms with Crippen LogP contribution in [0.15, 0.2) is 49.3 Å². The minimum absolute atomic E-state index is 0.300. The quantitative estimate of drug-likeness (QED) is 0.437. The SMILES string of the molecule is Cn1cc(-c2ccc3c(N4CCN(c5ncc(C(=O)C(F)(F)F)cn5)CC4)cnn3c2)cn1. The summed E-state index contributed by atoms with van der Waals surface area (Å²) in [5.74, 6) is -1.65. The molecule has 0 aliphatic carbocycles. The molecule has 0 radical (unpaired) electrons. The Morgan fingerprint density at radius 1 is 0.879 bits per heavy atom. The van der Waals surface area contributed by atoms with Gasteiger partial charge in [0.1, 0.15) is 0 Å². The number of halogens is 3. The molecule has 4 aromatic rings. The van der Waals surface area contributed by atoms with Crippen LogP contribution in [0, 0.1) is 0 Å². The summed E-state index contributed by atoms with van der Waals surface area (Å²) >= 11 is 0. The molecule has 4 aromatic heterocycles. The van der Waals surface area contributed by atoms with E-state index in [2.05, 4.69) is 25.1 Å². The Labute approximate surface area is 186 Å². The summed E-state index contributed by atoms with van der Waals surface area (Å²) in [6.07, 6.45) is 4.45. The Hall–Kier alpha value is -3.96. The zero-order valence-electron chi connectivity index (χ0n) is 17.6. The molecule has 0 saturated carbocycles. The molecule has 9 nitrogen and oxygen atoms in total. The molecular weight excluding hydrogens is 437 g/mol. The summed E-state index contributed by atoms with van der Waals surface area (Å²) < 4.78 is 41.3. The lowest BCUT2D eigenvalue weighted by Gasteiger charge is -2.35. The average molecular weight is 456 g/mol. The Balaban J connectivity index is 1.28. The third-order valence-electron chi connectivity index (χ3n) is 5.60. The van der Waals surface area contributed by atoms with Gasteiger partial charge in [0.25, 0.3) is 5.78 Å². The van der Waals surface area contributed by atoms with Crippen LogP contribution in [0.25, 0.3) is 16.6 Å². The first kappa shape index (κ1) is 20.9. The van der Waals surface area contributed by atoms with Crippen molar-refractivity contribution >= 4 is 22.9 Å². The third kappa shape index (κ3) is 3.99. The lowest BCUT2D eigenvalue weighted by atomic mass is 10.1. The van der Waals surface area contributed by atoms with E-state index in [9.17, 15) is 18.0 Å². The Kier molecular flexibility index (Phi) is 4.99. The van der Waals surface area contributed by atoms with Crippen molar-refractivity contribution in [3.8, 4) is 11.1 Å². The number of hydrogen-bond acceptors (Lipinski definition) is 7. The number of ketones is 1. The maximum Gasteiger partial charge on any atom is 0.454 e. The van der Waals surface area contributed by atoms with Gasteiger partial charge in [0, 0.05) is 69.1 Å². The van der Waals surface area contributed by atoms with Crippen molar-refractivity contribution in [1.82, 2.24) is 29.4 Å². The fourth-order valence-corrected chi connectivity index (χ4v) is 3.87. The number of aryl methyl sites for hydroxylation is 1. The molecule has 0 N–H and O–H groups in total. The number of pyridine rings is 1. The Morgan fingerprint density at radius 2 is 1.58 bits per heavy atom. The molecule has 1 saturated heterocycles. The second-order valence-electron chi connectivity index (χ2n) is 7.75. The fourth-order valence-electron chi connectivity index (χ4n) is 3.87. The average Bonchev–Trinajstić information content (AvgIpc) is 3.44. The van der Waals surface area contributed by atoms with Gasteiger partial charge in [-0.3, -0.25) is 9.48 Å². The standard InChI is InChI=1S/C21H19F3N8O/c1-29-12-16(10-27-29)14-2-3-17-18(11-28-32(17)13-14)30-4-6-31(7-5-30)20-25-8-15(9-26-20)19(33)21(22,23)24/h2-3,8-13H,4-7H2,1H3. The number of fused-ring (bicyclic) bond motifs is 1. The molecular formula is C21H19F3N8O. The summed E-state index contributed by atoms with van der Waals surface area (Å²) in [5, 5.41) is 8.70. The molecule has 0 amide bonds. The van der Waals surface area contributed by atoms with Crippen molar-refractivity contribution in [3.05, 3.63) is 54.9 Å². The molecule has 5 rings (SSSR count). The first-order valence-corrected chi connectivity index (χ1v) is 10.2. The van der Waals surface area contributed by atoms with Crippen molar-refractivity contribution < 1.29 is 18.0 Å². The minimum atomic E-state index is -4.94. The molecule has 170 valence electrons. The van der Waals surface area contributed by atoms with E-state index in [1.54, 1.807) is 10.9 Å². The summed E-state index contributed by atoms with van der Waals surface area (Å²) in [7, 11) is 1.87. The number of carbonyl (C=O) groups excluding carboxylic acids is 1. The van der Waals surface area contributed by atoms with Gasteiger partial charge >= 0.3 is 6.18 Å². The van der Waals surface area contributed by atoms with Gasteiger partial charge in [-0.15, -0.1) is 0 Å². The van der Waals surface area contributed by atoms with Crippen LogP contribution < -0.4 is 9.80 Å². The zero-order valence-corrected chi connectivity index (χ0v) is 17.6. The van der Waals surface area contributed by atoms with Gasteiger partial charge in [-0.1, -0.05) is 6.07 Å². The first-order valence-electron chi connectivity index (χ1n) is 10.2. The molecule has 5 heterocycles. The molecule has 1 aliphatic heterocycles. The summed E-state index contributed by atoms with van der Waals surface area (Å²) in [6, 6.07) is 4.06. The molecule has 1 aliphatic rings. The van der Waals surface area contributed by atoms with Gasteiger partial charge in [-0.2, -0.15) is 23.4 Å². The van der Waals surface area contributed by atoms with E-state index < -0.39 is 17.5 Å². The van der Waals surface area contributed by atoms with Gasteiger partial charge in [-0.05, 0) is 6.07 Å². The normalized spacial score (nSPS) is 14.8. The number of piperazine rings is 1. The van der Waals surface area contributed by atoms with Crippen LogP contribution in [0.5, 0.6) is 0 Å². The molecule has 0 aromatic carbocycles. The van der Waals surface area contributed by atoms with E-state index in [1.165, 1.54) is 0 Å². The van der Waals surface area contributed by atoms with Crippen LogP contribution in [0.2, 0.25) is 0 Å². The zero-order chi connectivity index (χ0) is 23.2. The largest absolute Gasteiger partial charge is 0.454 e. The number of anilines is 2. The minimum Gasteiger partial charge on any atom is -0.365 e. The van der Waals surface area contributed by atoms with E-state index in [-0.39, 0.29) is 0 Å². The summed E-state index contributed by atoms with van der Waals surface area (Å²) in [6.45, 7) is 2.49. The number of hydrogen-bond donors (Lipinski definition) is 0. The highest BCUT2D eigenvalue weighted by Gasteiger charge is 2.39. The Morgan fingerprint density at radius 3 is 2.21 bits per heavy atom. The van der Waals surface area contributed by atoms with Crippen LogP contribution in [-0.2, 0) is 7.05 Å². The Bertz CT molecular complexity index is 1300. The maximum absolute atomic E-state index is 12.6. The number of aromatic nitrogens is 6. The summed E-state index contributed by atoms with van der Waals surface area (Å²) in [4.78, 5) is 23.3. The van der Waals surface area contributed by atoms with Crippen LogP contribution in [0.3, 0.4) is 0 Å². The highest BCUT2D eigenvalue weighted by Crippen LogP contribution is 2.27. The monoisotopic (exact) mass is 456 g/mol. The fraction of sp³-hybridized carbons (Fsp3) is 0.286. The van der Waals surface area contributed by atoms with Crippen molar-refractivity contribution in [2.75, 3.05) is 36.0 Å².